The van der Waals surface area contributed by atoms with Gasteiger partial charge in [0, 0.05) is 5.69 Å². The quantitative estimate of drug-likeness (QED) is 0.681. The van der Waals surface area contributed by atoms with Gasteiger partial charge in [0.1, 0.15) is 12.1 Å². The van der Waals surface area contributed by atoms with Crippen LogP contribution in [-0.2, 0) is 4.79 Å². The summed E-state index contributed by atoms with van der Waals surface area (Å²) in [5, 5.41) is 11.2. The second-order valence-corrected chi connectivity index (χ2v) is 6.59. The Morgan fingerprint density at radius 1 is 1.32 bits per heavy atom. The van der Waals surface area contributed by atoms with E-state index in [1.165, 1.54) is 30.0 Å². The molecule has 1 amide bonds. The number of halogens is 2. The molecule has 0 unspecified atom stereocenters. The summed E-state index contributed by atoms with van der Waals surface area (Å²) in [7, 11) is 0. The van der Waals surface area contributed by atoms with Crippen LogP contribution in [0.3, 0.4) is 0 Å². The summed E-state index contributed by atoms with van der Waals surface area (Å²) < 4.78 is 15.0. The fraction of sp³-hybridized carbons (Fsp3) is 0.118. The number of hydrogen-bond donors (Lipinski definition) is 1. The minimum Gasteiger partial charge on any atom is -0.325 e. The van der Waals surface area contributed by atoms with Crippen LogP contribution < -0.4 is 5.32 Å². The maximum atomic E-state index is 13.1. The smallest absolute Gasteiger partial charge is 0.234 e. The number of benzene rings is 2. The predicted octanol–water partition coefficient (Wildman–Crippen LogP) is 4.10. The zero-order valence-electron chi connectivity index (χ0n) is 13.2. The normalized spacial score (nSPS) is 10.7. The molecule has 0 atom stereocenters. The van der Waals surface area contributed by atoms with Gasteiger partial charge >= 0.3 is 0 Å². The Hall–Kier alpha value is -2.38. The first-order valence-electron chi connectivity index (χ1n) is 7.38. The van der Waals surface area contributed by atoms with E-state index in [4.69, 9.17) is 11.6 Å². The fourth-order valence-corrected chi connectivity index (χ4v) is 3.13. The van der Waals surface area contributed by atoms with Gasteiger partial charge in [-0.05, 0) is 36.8 Å². The van der Waals surface area contributed by atoms with Crippen molar-refractivity contribution >= 4 is 35.0 Å². The molecule has 2 aromatic carbocycles. The third kappa shape index (κ3) is 4.18. The van der Waals surface area contributed by atoms with Crippen LogP contribution in [0.15, 0.2) is 53.9 Å². The van der Waals surface area contributed by atoms with Crippen LogP contribution in [0.2, 0.25) is 5.02 Å². The van der Waals surface area contributed by atoms with Crippen LogP contribution in [0.5, 0.6) is 0 Å². The van der Waals surface area contributed by atoms with Crippen LogP contribution in [-0.4, -0.2) is 26.4 Å². The van der Waals surface area contributed by atoms with E-state index in [1.807, 2.05) is 35.8 Å². The van der Waals surface area contributed by atoms with E-state index in [0.717, 1.165) is 11.3 Å². The Morgan fingerprint density at radius 2 is 2.12 bits per heavy atom. The summed E-state index contributed by atoms with van der Waals surface area (Å²) in [4.78, 5) is 12.1. The summed E-state index contributed by atoms with van der Waals surface area (Å²) in [5.74, 6) is -0.632. The number of nitrogens with zero attached hydrogens (tertiary/aromatic N) is 3. The van der Waals surface area contributed by atoms with Crippen molar-refractivity contribution in [2.45, 2.75) is 12.1 Å². The molecule has 3 rings (SSSR count). The molecule has 0 aliphatic carbocycles. The molecule has 8 heteroatoms. The lowest BCUT2D eigenvalue weighted by atomic mass is 10.2. The van der Waals surface area contributed by atoms with E-state index >= 15 is 0 Å². The fourth-order valence-electron chi connectivity index (χ4n) is 2.22. The third-order valence-corrected chi connectivity index (χ3v) is 4.66. The van der Waals surface area contributed by atoms with Crippen molar-refractivity contribution < 1.29 is 9.18 Å². The van der Waals surface area contributed by atoms with Crippen LogP contribution in [0.4, 0.5) is 10.1 Å². The first-order valence-corrected chi connectivity index (χ1v) is 8.74. The molecule has 5 nitrogen and oxygen atoms in total. The number of anilines is 1. The van der Waals surface area contributed by atoms with Crippen molar-refractivity contribution in [2.75, 3.05) is 11.1 Å². The molecular formula is C17H14ClFN4OS. The maximum absolute atomic E-state index is 13.1. The second kappa shape index (κ2) is 7.67. The third-order valence-electron chi connectivity index (χ3n) is 3.43. The summed E-state index contributed by atoms with van der Waals surface area (Å²) >= 11 is 6.97. The topological polar surface area (TPSA) is 59.8 Å². The lowest BCUT2D eigenvalue weighted by molar-refractivity contribution is -0.113. The van der Waals surface area contributed by atoms with E-state index in [-0.39, 0.29) is 16.7 Å². The Labute approximate surface area is 153 Å². The maximum Gasteiger partial charge on any atom is 0.234 e. The highest BCUT2D eigenvalue weighted by Gasteiger charge is 2.12. The summed E-state index contributed by atoms with van der Waals surface area (Å²) in [6.07, 6.45) is 1.61. The van der Waals surface area contributed by atoms with E-state index in [2.05, 4.69) is 15.5 Å². The number of rotatable bonds is 5. The summed E-state index contributed by atoms with van der Waals surface area (Å²) in [6, 6.07) is 11.9. The number of amides is 1. The Bertz CT molecular complexity index is 915. The van der Waals surface area contributed by atoms with E-state index in [0.29, 0.717) is 10.8 Å². The van der Waals surface area contributed by atoms with Crippen molar-refractivity contribution in [1.82, 2.24) is 14.8 Å². The van der Waals surface area contributed by atoms with E-state index in [9.17, 15) is 9.18 Å². The molecule has 0 bridgehead atoms. The van der Waals surface area contributed by atoms with Crippen molar-refractivity contribution in [3.8, 4) is 5.69 Å². The van der Waals surface area contributed by atoms with Gasteiger partial charge in [0.2, 0.25) is 5.91 Å². The standard InChI is InChI=1S/C17H14ClFN4OS/c1-11-4-2-3-5-15(11)23-10-20-22-17(23)25-9-16(24)21-12-6-7-14(19)13(18)8-12/h2-8,10H,9H2,1H3,(H,21,24). The second-order valence-electron chi connectivity index (χ2n) is 5.24. The van der Waals surface area contributed by atoms with Crippen molar-refractivity contribution in [3.63, 3.8) is 0 Å². The average molecular weight is 377 g/mol. The molecule has 1 aromatic heterocycles. The van der Waals surface area contributed by atoms with Gasteiger partial charge in [-0.3, -0.25) is 9.36 Å². The van der Waals surface area contributed by atoms with Gasteiger partial charge in [0.05, 0.1) is 16.5 Å². The lowest BCUT2D eigenvalue weighted by Crippen LogP contribution is -2.14. The number of nitrogens with one attached hydrogen (secondary N) is 1. The molecule has 1 N–H and O–H groups in total. The molecular weight excluding hydrogens is 363 g/mol. The molecule has 25 heavy (non-hydrogen) atoms. The largest absolute Gasteiger partial charge is 0.325 e. The first kappa shape index (κ1) is 17.4. The summed E-state index contributed by atoms with van der Waals surface area (Å²) in [5.41, 5.74) is 2.48. The summed E-state index contributed by atoms with van der Waals surface area (Å²) in [6.45, 7) is 1.99. The molecule has 0 saturated heterocycles. The van der Waals surface area contributed by atoms with E-state index in [1.54, 1.807) is 6.33 Å². The molecule has 128 valence electrons. The zero-order valence-corrected chi connectivity index (χ0v) is 14.8. The Kier molecular flexibility index (Phi) is 5.35. The van der Waals surface area contributed by atoms with Crippen molar-refractivity contribution in [2.24, 2.45) is 0 Å². The highest BCUT2D eigenvalue weighted by atomic mass is 35.5. The van der Waals surface area contributed by atoms with Gasteiger partial charge in [-0.15, -0.1) is 10.2 Å². The minimum absolute atomic E-state index is 0.0373. The average Bonchev–Trinajstić information content (AvgIpc) is 3.05. The SMILES string of the molecule is Cc1ccccc1-n1cnnc1SCC(=O)Nc1ccc(F)c(Cl)c1. The monoisotopic (exact) mass is 376 g/mol. The number of aryl methyl sites for hydroxylation is 1. The van der Waals surface area contributed by atoms with Gasteiger partial charge in [-0.25, -0.2) is 4.39 Å². The van der Waals surface area contributed by atoms with Crippen molar-refractivity contribution in [3.05, 3.63) is 65.2 Å². The van der Waals surface area contributed by atoms with Crippen LogP contribution in [0, 0.1) is 12.7 Å². The number of hydrogen-bond acceptors (Lipinski definition) is 4. The van der Waals surface area contributed by atoms with E-state index < -0.39 is 5.82 Å². The molecule has 3 aromatic rings. The number of thioether (sulfide) groups is 1. The number of aromatic nitrogens is 3. The lowest BCUT2D eigenvalue weighted by Gasteiger charge is -2.09. The Morgan fingerprint density at radius 3 is 2.88 bits per heavy atom. The van der Waals surface area contributed by atoms with Gasteiger partial charge in [-0.1, -0.05) is 41.6 Å². The zero-order chi connectivity index (χ0) is 17.8. The minimum atomic E-state index is -0.527. The molecule has 0 aliphatic heterocycles. The highest BCUT2D eigenvalue weighted by molar-refractivity contribution is 7.99. The van der Waals surface area contributed by atoms with Gasteiger partial charge in [-0.2, -0.15) is 0 Å². The molecule has 0 fully saturated rings. The number of carbonyl (C=O) groups is 1. The first-order chi connectivity index (χ1) is 12.0. The van der Waals surface area contributed by atoms with Crippen LogP contribution in [0.1, 0.15) is 5.56 Å². The molecule has 1 heterocycles. The highest BCUT2D eigenvalue weighted by Crippen LogP contribution is 2.23. The molecule has 0 radical (unpaired) electrons. The van der Waals surface area contributed by atoms with Crippen LogP contribution in [0.25, 0.3) is 5.69 Å². The molecule has 0 aliphatic rings. The number of carbonyl (C=O) groups excluding carboxylic acids is 1. The van der Waals surface area contributed by atoms with Crippen LogP contribution >= 0.6 is 23.4 Å². The predicted molar refractivity (Wildman–Crippen MR) is 96.9 cm³/mol. The molecule has 0 saturated carbocycles. The van der Waals surface area contributed by atoms with Gasteiger partial charge < -0.3 is 5.32 Å². The number of para-hydroxylation sites is 1. The van der Waals surface area contributed by atoms with Gasteiger partial charge in [0.25, 0.3) is 0 Å². The van der Waals surface area contributed by atoms with Crippen molar-refractivity contribution in [1.29, 1.82) is 0 Å². The van der Waals surface area contributed by atoms with Gasteiger partial charge in [0.15, 0.2) is 5.16 Å². The Balaban J connectivity index is 1.66. The molecule has 0 spiro atoms.